The average Bonchev–Trinajstić information content (AvgIpc) is 3.49. The zero-order valence-electron chi connectivity index (χ0n) is 25.9. The highest BCUT2D eigenvalue weighted by molar-refractivity contribution is 5.90. The van der Waals surface area contributed by atoms with Crippen molar-refractivity contribution in [3.05, 3.63) is 88.1 Å². The van der Waals surface area contributed by atoms with Crippen molar-refractivity contribution in [1.82, 2.24) is 19.7 Å². The molecule has 0 aliphatic carbocycles. The van der Waals surface area contributed by atoms with E-state index in [0.29, 0.717) is 37.9 Å². The van der Waals surface area contributed by atoms with E-state index in [9.17, 15) is 14.7 Å². The van der Waals surface area contributed by atoms with Crippen molar-refractivity contribution in [2.75, 3.05) is 26.4 Å². The number of fused-ring (bicyclic) bond motifs is 1. The minimum absolute atomic E-state index is 0.0253. The van der Waals surface area contributed by atoms with Crippen molar-refractivity contribution >= 4 is 11.9 Å². The van der Waals surface area contributed by atoms with E-state index in [0.717, 1.165) is 48.2 Å². The van der Waals surface area contributed by atoms with Crippen LogP contribution in [0.3, 0.4) is 0 Å². The summed E-state index contributed by atoms with van der Waals surface area (Å²) in [5.41, 5.74) is 7.25. The second kappa shape index (κ2) is 13.1. The van der Waals surface area contributed by atoms with Crippen LogP contribution in [0, 0.1) is 19.8 Å². The molecule has 1 N–H and O–H groups in total. The number of carboxylic acids is 1. The molecule has 1 saturated heterocycles. The number of rotatable bonds is 9. The normalized spacial score (nSPS) is 15.0. The Morgan fingerprint density at radius 3 is 2.62 bits per heavy atom. The number of para-hydroxylation sites is 1. The standard InChI is InChI=1S/C35H38N4O6/c1-4-44-34-29(35(41)42)19-36-39(34)31-10-6-9-30(37-31)28-8-5-7-22(2)32(28)45-21-26-12-11-25-20-38(16-13-27(25)23(26)3)33(40)24-14-17-43-18-15-24/h5-12,19,24H,4,13-18,20-21H2,1-3H3,(H,41,42). The number of carboxylic acid groups (broad SMARTS) is 1. The van der Waals surface area contributed by atoms with E-state index in [-0.39, 0.29) is 29.9 Å². The largest absolute Gasteiger partial charge is 0.488 e. The quantitative estimate of drug-likeness (QED) is 0.263. The average molecular weight is 611 g/mol. The molecule has 2 aliphatic heterocycles. The number of amides is 1. The fourth-order valence-electron chi connectivity index (χ4n) is 6.25. The number of aryl methyl sites for hydroxylation is 1. The number of nitrogens with zero attached hydrogens (tertiary/aromatic N) is 4. The van der Waals surface area contributed by atoms with Crippen LogP contribution >= 0.6 is 0 Å². The summed E-state index contributed by atoms with van der Waals surface area (Å²) >= 11 is 0. The minimum Gasteiger partial charge on any atom is -0.488 e. The lowest BCUT2D eigenvalue weighted by atomic mass is 9.90. The van der Waals surface area contributed by atoms with E-state index < -0.39 is 5.97 Å². The summed E-state index contributed by atoms with van der Waals surface area (Å²) in [6.07, 6.45) is 3.71. The van der Waals surface area contributed by atoms with Gasteiger partial charge in [-0.25, -0.2) is 9.78 Å². The second-order valence-electron chi connectivity index (χ2n) is 11.5. The molecule has 0 bridgehead atoms. The van der Waals surface area contributed by atoms with Crippen molar-refractivity contribution in [2.45, 2.75) is 53.2 Å². The van der Waals surface area contributed by atoms with E-state index in [2.05, 4.69) is 24.2 Å². The predicted molar refractivity (Wildman–Crippen MR) is 168 cm³/mol. The maximum atomic E-state index is 13.1. The molecule has 0 unspecified atom stereocenters. The van der Waals surface area contributed by atoms with Gasteiger partial charge in [0.2, 0.25) is 11.8 Å². The number of hydrogen-bond acceptors (Lipinski definition) is 7. The molecule has 45 heavy (non-hydrogen) atoms. The molecule has 2 aliphatic rings. The van der Waals surface area contributed by atoms with Gasteiger partial charge in [0.15, 0.2) is 5.82 Å². The van der Waals surface area contributed by atoms with Gasteiger partial charge in [-0.1, -0.05) is 30.3 Å². The Labute approximate surface area is 262 Å². The highest BCUT2D eigenvalue weighted by atomic mass is 16.5. The summed E-state index contributed by atoms with van der Waals surface area (Å²) < 4.78 is 19.0. The molecule has 0 atom stereocenters. The smallest absolute Gasteiger partial charge is 0.342 e. The topological polar surface area (TPSA) is 116 Å². The Kier molecular flexibility index (Phi) is 8.84. The molecule has 10 nitrogen and oxygen atoms in total. The summed E-state index contributed by atoms with van der Waals surface area (Å²) in [6, 6.07) is 15.7. The van der Waals surface area contributed by atoms with E-state index in [1.54, 1.807) is 13.0 Å². The van der Waals surface area contributed by atoms with Crippen LogP contribution in [0.25, 0.3) is 17.1 Å². The fraction of sp³-hybridized carbons (Fsp3) is 0.371. The zero-order valence-corrected chi connectivity index (χ0v) is 25.9. The molecule has 4 aromatic rings. The van der Waals surface area contributed by atoms with E-state index in [4.69, 9.17) is 19.2 Å². The first-order valence-corrected chi connectivity index (χ1v) is 15.5. The van der Waals surface area contributed by atoms with Gasteiger partial charge in [-0.2, -0.15) is 9.78 Å². The number of hydrogen-bond donors (Lipinski definition) is 1. The number of ether oxygens (including phenoxy) is 3. The molecule has 2 aromatic carbocycles. The highest BCUT2D eigenvalue weighted by Gasteiger charge is 2.29. The number of carbonyl (C=O) groups excluding carboxylic acids is 1. The first-order valence-electron chi connectivity index (χ1n) is 15.5. The van der Waals surface area contributed by atoms with Gasteiger partial charge in [0.05, 0.1) is 18.5 Å². The third kappa shape index (κ3) is 6.15. The van der Waals surface area contributed by atoms with Gasteiger partial charge in [-0.3, -0.25) is 4.79 Å². The summed E-state index contributed by atoms with van der Waals surface area (Å²) in [5.74, 6) is 0.502. The van der Waals surface area contributed by atoms with E-state index in [1.165, 1.54) is 27.6 Å². The third-order valence-corrected chi connectivity index (χ3v) is 8.73. The SMILES string of the molecule is CCOc1c(C(=O)O)cnn1-c1cccc(-c2cccc(C)c2OCc2ccc3c(c2C)CCN(C(=O)C2CCOCC2)C3)n1. The Bertz CT molecular complexity index is 1730. The maximum absolute atomic E-state index is 13.1. The molecular formula is C35H38N4O6. The van der Waals surface area contributed by atoms with Crippen molar-refractivity contribution < 1.29 is 28.9 Å². The van der Waals surface area contributed by atoms with Crippen LogP contribution in [0.5, 0.6) is 11.6 Å². The van der Waals surface area contributed by atoms with Gasteiger partial charge < -0.3 is 24.2 Å². The molecule has 1 fully saturated rings. The molecule has 6 rings (SSSR count). The number of benzene rings is 2. The summed E-state index contributed by atoms with van der Waals surface area (Å²) in [6.45, 7) is 9.32. The lowest BCUT2D eigenvalue weighted by Crippen LogP contribution is -2.41. The van der Waals surface area contributed by atoms with Gasteiger partial charge >= 0.3 is 5.97 Å². The third-order valence-electron chi connectivity index (χ3n) is 8.73. The Morgan fingerprint density at radius 1 is 1.04 bits per heavy atom. The second-order valence-corrected chi connectivity index (χ2v) is 11.5. The number of pyridine rings is 1. The van der Waals surface area contributed by atoms with Gasteiger partial charge in [0, 0.05) is 37.8 Å². The summed E-state index contributed by atoms with van der Waals surface area (Å²) in [4.78, 5) is 31.7. The van der Waals surface area contributed by atoms with Crippen LogP contribution in [0.1, 0.15) is 57.9 Å². The first kappa shape index (κ1) is 30.3. The van der Waals surface area contributed by atoms with Crippen LogP contribution in [0.4, 0.5) is 0 Å². The van der Waals surface area contributed by atoms with Crippen LogP contribution in [0.2, 0.25) is 0 Å². The lowest BCUT2D eigenvalue weighted by Gasteiger charge is -2.34. The van der Waals surface area contributed by atoms with Crippen LogP contribution in [0.15, 0.2) is 54.7 Å². The highest BCUT2D eigenvalue weighted by Crippen LogP contribution is 2.35. The molecule has 10 heteroatoms. The minimum atomic E-state index is -1.12. The molecular weight excluding hydrogens is 572 g/mol. The lowest BCUT2D eigenvalue weighted by molar-refractivity contribution is -0.139. The van der Waals surface area contributed by atoms with Crippen molar-refractivity contribution in [1.29, 1.82) is 0 Å². The van der Waals surface area contributed by atoms with E-state index in [1.807, 2.05) is 42.2 Å². The summed E-state index contributed by atoms with van der Waals surface area (Å²) in [5, 5.41) is 13.8. The van der Waals surface area contributed by atoms with Crippen LogP contribution in [-0.4, -0.2) is 63.0 Å². The van der Waals surface area contributed by atoms with Crippen molar-refractivity contribution in [3.63, 3.8) is 0 Å². The number of aromatic nitrogens is 3. The van der Waals surface area contributed by atoms with Gasteiger partial charge in [0.1, 0.15) is 17.9 Å². The van der Waals surface area contributed by atoms with Crippen LogP contribution < -0.4 is 9.47 Å². The molecule has 234 valence electrons. The number of carbonyl (C=O) groups is 2. The molecule has 0 spiro atoms. The summed E-state index contributed by atoms with van der Waals surface area (Å²) in [7, 11) is 0. The zero-order chi connectivity index (χ0) is 31.5. The monoisotopic (exact) mass is 610 g/mol. The number of aromatic carboxylic acids is 1. The molecule has 4 heterocycles. The van der Waals surface area contributed by atoms with Gasteiger partial charge in [0.25, 0.3) is 0 Å². The molecule has 0 saturated carbocycles. The molecule has 1 amide bonds. The Hall–Kier alpha value is -4.70. The molecule has 2 aromatic heterocycles. The predicted octanol–water partition coefficient (Wildman–Crippen LogP) is 5.54. The fourth-order valence-corrected chi connectivity index (χ4v) is 6.25. The first-order chi connectivity index (χ1) is 21.9. The van der Waals surface area contributed by atoms with Gasteiger partial charge in [-0.05, 0) is 86.1 Å². The Balaban J connectivity index is 1.22. The molecule has 0 radical (unpaired) electrons. The Morgan fingerprint density at radius 2 is 1.84 bits per heavy atom. The van der Waals surface area contributed by atoms with Crippen LogP contribution in [-0.2, 0) is 29.1 Å². The maximum Gasteiger partial charge on any atom is 0.342 e. The van der Waals surface area contributed by atoms with Crippen molar-refractivity contribution in [3.8, 4) is 28.7 Å². The van der Waals surface area contributed by atoms with Gasteiger partial charge in [-0.15, -0.1) is 0 Å². The van der Waals surface area contributed by atoms with E-state index >= 15 is 0 Å². The van der Waals surface area contributed by atoms with Crippen molar-refractivity contribution in [2.24, 2.45) is 5.92 Å².